The molecule has 0 aliphatic heterocycles. The molecule has 0 bridgehead atoms. The maximum Gasteiger partial charge on any atom is 0.126 e. The molecule has 0 aromatic heterocycles. The first-order valence-corrected chi connectivity index (χ1v) is 5.04. The largest absolute Gasteiger partial charge is 0.303 e. The van der Waals surface area contributed by atoms with Gasteiger partial charge in [0.25, 0.3) is 0 Å². The van der Waals surface area contributed by atoms with E-state index in [0.717, 1.165) is 36.7 Å². The Hall–Kier alpha value is -1.18. The van der Waals surface area contributed by atoms with Gasteiger partial charge >= 0.3 is 0 Å². The minimum Gasteiger partial charge on any atom is -0.303 e. The van der Waals surface area contributed by atoms with Crippen LogP contribution < -0.4 is 0 Å². The Labute approximate surface area is 82.9 Å². The minimum atomic E-state index is -0.113. The average molecular weight is 192 g/mol. The first-order valence-electron chi connectivity index (χ1n) is 5.04. The van der Waals surface area contributed by atoms with E-state index in [9.17, 15) is 9.18 Å². The summed E-state index contributed by atoms with van der Waals surface area (Å²) in [4.78, 5) is 10.5. The zero-order valence-corrected chi connectivity index (χ0v) is 8.00. The summed E-state index contributed by atoms with van der Waals surface area (Å²) in [7, 11) is 0. The zero-order chi connectivity index (χ0) is 9.97. The monoisotopic (exact) mass is 192 g/mol. The summed E-state index contributed by atoms with van der Waals surface area (Å²) in [5.74, 6) is 0.130. The van der Waals surface area contributed by atoms with Crippen molar-refractivity contribution in [2.75, 3.05) is 0 Å². The Kier molecular flexibility index (Phi) is 2.62. The van der Waals surface area contributed by atoms with Crippen molar-refractivity contribution in [1.29, 1.82) is 0 Å². The fraction of sp³-hybridized carbons (Fsp3) is 0.417. The number of benzene rings is 1. The molecule has 0 spiro atoms. The summed E-state index contributed by atoms with van der Waals surface area (Å²) < 4.78 is 13.4. The summed E-state index contributed by atoms with van der Waals surface area (Å²) in [6.45, 7) is 0. The smallest absolute Gasteiger partial charge is 0.126 e. The number of hydrogen-bond acceptors (Lipinski definition) is 1. The maximum atomic E-state index is 13.4. The van der Waals surface area contributed by atoms with Gasteiger partial charge in [0.05, 0.1) is 0 Å². The van der Waals surface area contributed by atoms with E-state index in [4.69, 9.17) is 0 Å². The van der Waals surface area contributed by atoms with Crippen LogP contribution in [0.25, 0.3) is 0 Å². The van der Waals surface area contributed by atoms with Crippen LogP contribution in [-0.4, -0.2) is 6.29 Å². The lowest BCUT2D eigenvalue weighted by Gasteiger charge is -2.24. The second-order valence-electron chi connectivity index (χ2n) is 3.80. The highest BCUT2D eigenvalue weighted by molar-refractivity contribution is 5.52. The van der Waals surface area contributed by atoms with Crippen LogP contribution in [0.15, 0.2) is 18.2 Å². The van der Waals surface area contributed by atoms with Crippen LogP contribution >= 0.6 is 0 Å². The quantitative estimate of drug-likeness (QED) is 0.658. The SMILES string of the molecule is O=CCC1CCCc2c(F)cccc21. The summed E-state index contributed by atoms with van der Waals surface area (Å²) in [6.07, 6.45) is 4.28. The first-order chi connectivity index (χ1) is 6.83. The molecule has 1 aliphatic rings. The molecule has 1 aliphatic carbocycles. The van der Waals surface area contributed by atoms with Crippen LogP contribution in [0.3, 0.4) is 0 Å². The fourth-order valence-electron chi connectivity index (χ4n) is 2.26. The molecule has 2 heteroatoms. The minimum absolute atomic E-state index is 0.113. The van der Waals surface area contributed by atoms with Gasteiger partial charge in [-0.05, 0) is 42.4 Å². The van der Waals surface area contributed by atoms with Gasteiger partial charge in [0, 0.05) is 6.42 Å². The first kappa shape index (κ1) is 9.38. The molecular formula is C12H13FO. The third-order valence-electron chi connectivity index (χ3n) is 2.96. The molecule has 1 aromatic rings. The molecule has 1 unspecified atom stereocenters. The van der Waals surface area contributed by atoms with Crippen LogP contribution in [0, 0.1) is 5.82 Å². The number of hydrogen-bond donors (Lipinski definition) is 0. The summed E-state index contributed by atoms with van der Waals surface area (Å²) in [5, 5.41) is 0. The number of halogens is 1. The third kappa shape index (κ3) is 1.57. The zero-order valence-electron chi connectivity index (χ0n) is 8.00. The molecule has 1 nitrogen and oxygen atoms in total. The van der Waals surface area contributed by atoms with E-state index in [1.54, 1.807) is 6.07 Å². The summed E-state index contributed by atoms with van der Waals surface area (Å²) in [6, 6.07) is 5.19. The van der Waals surface area contributed by atoms with Gasteiger partial charge in [-0.3, -0.25) is 0 Å². The van der Waals surface area contributed by atoms with Gasteiger partial charge < -0.3 is 4.79 Å². The molecular weight excluding hydrogens is 179 g/mol. The van der Waals surface area contributed by atoms with Gasteiger partial charge in [0.15, 0.2) is 0 Å². The van der Waals surface area contributed by atoms with E-state index in [-0.39, 0.29) is 11.7 Å². The second kappa shape index (κ2) is 3.91. The van der Waals surface area contributed by atoms with E-state index < -0.39 is 0 Å². The second-order valence-corrected chi connectivity index (χ2v) is 3.80. The Morgan fingerprint density at radius 1 is 1.50 bits per heavy atom. The lowest BCUT2D eigenvalue weighted by Crippen LogP contribution is -2.11. The Balaban J connectivity index is 2.39. The molecule has 0 radical (unpaired) electrons. The summed E-state index contributed by atoms with van der Waals surface area (Å²) >= 11 is 0. The Morgan fingerprint density at radius 3 is 3.14 bits per heavy atom. The standard InChI is InChI=1S/C12H13FO/c13-12-6-2-4-10-9(7-8-14)3-1-5-11(10)12/h2,4,6,8-9H,1,3,5,7H2. The maximum absolute atomic E-state index is 13.4. The van der Waals surface area contributed by atoms with Crippen LogP contribution in [-0.2, 0) is 11.2 Å². The normalized spacial score (nSPS) is 20.2. The number of aldehydes is 1. The average Bonchev–Trinajstić information content (AvgIpc) is 2.20. The third-order valence-corrected chi connectivity index (χ3v) is 2.96. The van der Waals surface area contributed by atoms with Gasteiger partial charge in [0.2, 0.25) is 0 Å². The van der Waals surface area contributed by atoms with Gasteiger partial charge in [-0.25, -0.2) is 4.39 Å². The topological polar surface area (TPSA) is 17.1 Å². The predicted molar refractivity (Wildman–Crippen MR) is 52.8 cm³/mol. The van der Waals surface area contributed by atoms with Gasteiger partial charge in [-0.1, -0.05) is 12.1 Å². The Morgan fingerprint density at radius 2 is 2.36 bits per heavy atom. The highest BCUT2D eigenvalue weighted by atomic mass is 19.1. The van der Waals surface area contributed by atoms with Crippen LogP contribution in [0.5, 0.6) is 0 Å². The van der Waals surface area contributed by atoms with Crippen molar-refractivity contribution in [2.24, 2.45) is 0 Å². The van der Waals surface area contributed by atoms with E-state index >= 15 is 0 Å². The van der Waals surface area contributed by atoms with Gasteiger partial charge in [-0.15, -0.1) is 0 Å². The lowest BCUT2D eigenvalue weighted by atomic mass is 9.81. The number of carbonyl (C=O) groups excluding carboxylic acids is 1. The molecule has 0 saturated heterocycles. The fourth-order valence-corrected chi connectivity index (χ4v) is 2.26. The van der Waals surface area contributed by atoms with Crippen molar-refractivity contribution in [3.05, 3.63) is 35.1 Å². The number of carbonyl (C=O) groups is 1. The van der Waals surface area contributed by atoms with E-state index in [1.165, 1.54) is 6.07 Å². The molecule has 2 rings (SSSR count). The molecule has 1 atom stereocenters. The highest BCUT2D eigenvalue weighted by Gasteiger charge is 2.21. The van der Waals surface area contributed by atoms with Crippen LogP contribution in [0.1, 0.15) is 36.3 Å². The molecule has 0 amide bonds. The van der Waals surface area contributed by atoms with Crippen molar-refractivity contribution >= 4 is 6.29 Å². The van der Waals surface area contributed by atoms with Crippen molar-refractivity contribution in [3.8, 4) is 0 Å². The van der Waals surface area contributed by atoms with Gasteiger partial charge in [0.1, 0.15) is 12.1 Å². The number of fused-ring (bicyclic) bond motifs is 1. The van der Waals surface area contributed by atoms with Crippen LogP contribution in [0.4, 0.5) is 4.39 Å². The van der Waals surface area contributed by atoms with E-state index in [2.05, 4.69) is 0 Å². The molecule has 0 saturated carbocycles. The Bertz CT molecular complexity index is 346. The van der Waals surface area contributed by atoms with Crippen molar-refractivity contribution in [2.45, 2.75) is 31.6 Å². The number of rotatable bonds is 2. The van der Waals surface area contributed by atoms with Crippen molar-refractivity contribution in [3.63, 3.8) is 0 Å². The predicted octanol–water partition coefficient (Wildman–Crippen LogP) is 2.83. The molecule has 0 N–H and O–H groups in total. The highest BCUT2D eigenvalue weighted by Crippen LogP contribution is 2.34. The molecule has 14 heavy (non-hydrogen) atoms. The summed E-state index contributed by atoms with van der Waals surface area (Å²) in [5.41, 5.74) is 1.87. The lowest BCUT2D eigenvalue weighted by molar-refractivity contribution is -0.108. The van der Waals surface area contributed by atoms with Crippen molar-refractivity contribution in [1.82, 2.24) is 0 Å². The molecule has 0 heterocycles. The van der Waals surface area contributed by atoms with Gasteiger partial charge in [-0.2, -0.15) is 0 Å². The van der Waals surface area contributed by atoms with Crippen LogP contribution in [0.2, 0.25) is 0 Å². The molecule has 1 aromatic carbocycles. The van der Waals surface area contributed by atoms with Crippen molar-refractivity contribution < 1.29 is 9.18 Å². The van der Waals surface area contributed by atoms with E-state index in [1.807, 2.05) is 6.07 Å². The molecule has 0 fully saturated rings. The van der Waals surface area contributed by atoms with E-state index in [0.29, 0.717) is 6.42 Å². The molecule has 74 valence electrons.